The number of amides is 1. The second kappa shape index (κ2) is 3.93. The highest BCUT2D eigenvalue weighted by molar-refractivity contribution is 14.1. The Balaban J connectivity index is 2.35. The first kappa shape index (κ1) is 10.0. The normalized spacial score (nSPS) is 10.2. The molecule has 0 radical (unpaired) electrons. The summed E-state index contributed by atoms with van der Waals surface area (Å²) < 4.78 is 2.56. The lowest BCUT2D eigenvalue weighted by atomic mass is 10.4. The van der Waals surface area contributed by atoms with Gasteiger partial charge in [0, 0.05) is 6.20 Å². The monoisotopic (exact) mass is 315 g/mol. The van der Waals surface area contributed by atoms with E-state index in [0.717, 1.165) is 3.57 Å². The highest BCUT2D eigenvalue weighted by Crippen LogP contribution is 2.06. The van der Waals surface area contributed by atoms with Crippen LogP contribution in [0.3, 0.4) is 0 Å². The van der Waals surface area contributed by atoms with Gasteiger partial charge in [0.05, 0.1) is 9.77 Å². The highest BCUT2D eigenvalue weighted by Gasteiger charge is 2.04. The summed E-state index contributed by atoms with van der Waals surface area (Å²) in [4.78, 5) is 10.7. The predicted molar refractivity (Wildman–Crippen MR) is 60.4 cm³/mol. The summed E-state index contributed by atoms with van der Waals surface area (Å²) in [5, 5.41) is 11.6. The zero-order chi connectivity index (χ0) is 10.8. The van der Waals surface area contributed by atoms with E-state index in [1.54, 1.807) is 23.1 Å². The van der Waals surface area contributed by atoms with E-state index in [1.807, 2.05) is 0 Å². The van der Waals surface area contributed by atoms with E-state index in [-0.39, 0.29) is 5.69 Å². The molecule has 0 fully saturated rings. The molecule has 15 heavy (non-hydrogen) atoms. The SMILES string of the molecule is NC(=O)c1ccc(-n2cc(I)cn2)nn1. The molecule has 76 valence electrons. The Labute approximate surface area is 98.6 Å². The maximum atomic E-state index is 10.7. The molecule has 2 N–H and O–H groups in total. The van der Waals surface area contributed by atoms with E-state index in [9.17, 15) is 4.79 Å². The van der Waals surface area contributed by atoms with Gasteiger partial charge in [-0.2, -0.15) is 5.10 Å². The van der Waals surface area contributed by atoms with Crippen LogP contribution in [-0.4, -0.2) is 25.9 Å². The molecular weight excluding hydrogens is 309 g/mol. The largest absolute Gasteiger partial charge is 0.364 e. The van der Waals surface area contributed by atoms with Crippen LogP contribution in [0.4, 0.5) is 0 Å². The Bertz CT molecular complexity index is 492. The Hall–Kier alpha value is -1.51. The van der Waals surface area contributed by atoms with Gasteiger partial charge in [-0.3, -0.25) is 4.79 Å². The van der Waals surface area contributed by atoms with E-state index in [0.29, 0.717) is 5.82 Å². The third-order valence-electron chi connectivity index (χ3n) is 1.69. The van der Waals surface area contributed by atoms with Gasteiger partial charge in [0.1, 0.15) is 0 Å². The van der Waals surface area contributed by atoms with Crippen LogP contribution in [0, 0.1) is 3.57 Å². The van der Waals surface area contributed by atoms with Crippen molar-refractivity contribution < 1.29 is 4.79 Å². The molecule has 1 amide bonds. The zero-order valence-corrected chi connectivity index (χ0v) is 9.62. The van der Waals surface area contributed by atoms with Crippen LogP contribution in [0.2, 0.25) is 0 Å². The molecule has 0 aliphatic rings. The van der Waals surface area contributed by atoms with E-state index >= 15 is 0 Å². The van der Waals surface area contributed by atoms with Crippen LogP contribution >= 0.6 is 22.6 Å². The van der Waals surface area contributed by atoms with Crippen molar-refractivity contribution >= 4 is 28.5 Å². The number of halogens is 1. The molecule has 2 rings (SSSR count). The van der Waals surface area contributed by atoms with Crippen LogP contribution in [0.1, 0.15) is 10.5 Å². The van der Waals surface area contributed by atoms with Crippen LogP contribution in [0.25, 0.3) is 5.82 Å². The van der Waals surface area contributed by atoms with Gasteiger partial charge in [0.2, 0.25) is 0 Å². The van der Waals surface area contributed by atoms with Crippen molar-refractivity contribution in [1.29, 1.82) is 0 Å². The Morgan fingerprint density at radius 2 is 2.20 bits per heavy atom. The minimum atomic E-state index is -0.593. The first-order chi connectivity index (χ1) is 7.16. The Kier molecular flexibility index (Phi) is 2.62. The molecule has 0 aromatic carbocycles. The summed E-state index contributed by atoms with van der Waals surface area (Å²) in [5.74, 6) is -0.0491. The van der Waals surface area contributed by atoms with E-state index in [2.05, 4.69) is 37.9 Å². The Morgan fingerprint density at radius 3 is 2.67 bits per heavy atom. The van der Waals surface area contributed by atoms with Crippen LogP contribution in [0.15, 0.2) is 24.5 Å². The van der Waals surface area contributed by atoms with Crippen LogP contribution in [0.5, 0.6) is 0 Å². The van der Waals surface area contributed by atoms with Gasteiger partial charge in [0.15, 0.2) is 11.5 Å². The van der Waals surface area contributed by atoms with Gasteiger partial charge in [-0.1, -0.05) is 0 Å². The molecule has 2 heterocycles. The number of carbonyl (C=O) groups excluding carboxylic acids is 1. The van der Waals surface area contributed by atoms with E-state index in [1.165, 1.54) is 6.07 Å². The average molecular weight is 315 g/mol. The van der Waals surface area contributed by atoms with Crippen molar-refractivity contribution in [1.82, 2.24) is 20.0 Å². The van der Waals surface area contributed by atoms with Crippen molar-refractivity contribution in [3.63, 3.8) is 0 Å². The number of nitrogens with zero attached hydrogens (tertiary/aromatic N) is 4. The molecule has 0 aliphatic heterocycles. The smallest absolute Gasteiger partial charge is 0.269 e. The summed E-state index contributed by atoms with van der Waals surface area (Å²) >= 11 is 2.14. The van der Waals surface area contributed by atoms with Gasteiger partial charge < -0.3 is 5.73 Å². The number of hydrogen-bond donors (Lipinski definition) is 1. The summed E-state index contributed by atoms with van der Waals surface area (Å²) in [7, 11) is 0. The fourth-order valence-electron chi connectivity index (χ4n) is 1.00. The van der Waals surface area contributed by atoms with Crippen LogP contribution < -0.4 is 5.73 Å². The number of primary amides is 1. The number of nitrogens with two attached hydrogens (primary N) is 1. The summed E-state index contributed by atoms with van der Waals surface area (Å²) in [6.45, 7) is 0. The maximum Gasteiger partial charge on any atom is 0.269 e. The second-order valence-corrected chi connectivity index (χ2v) is 3.99. The zero-order valence-electron chi connectivity index (χ0n) is 7.46. The molecule has 0 bridgehead atoms. The molecule has 2 aromatic rings. The molecule has 6 nitrogen and oxygen atoms in total. The summed E-state index contributed by atoms with van der Waals surface area (Å²) in [6.07, 6.45) is 3.50. The number of hydrogen-bond acceptors (Lipinski definition) is 4. The minimum Gasteiger partial charge on any atom is -0.364 e. The molecule has 0 aliphatic carbocycles. The third-order valence-corrected chi connectivity index (χ3v) is 2.25. The molecule has 2 aromatic heterocycles. The Morgan fingerprint density at radius 1 is 1.40 bits per heavy atom. The third kappa shape index (κ3) is 2.12. The predicted octanol–water partition coefficient (Wildman–Crippen LogP) is 0.366. The lowest BCUT2D eigenvalue weighted by molar-refractivity contribution is 0.0994. The van der Waals surface area contributed by atoms with Crippen molar-refractivity contribution in [3.8, 4) is 5.82 Å². The number of rotatable bonds is 2. The standard InChI is InChI=1S/C8H6IN5O/c9-5-3-11-14(4-5)7-2-1-6(8(10)15)12-13-7/h1-4H,(H2,10,15). The first-order valence-corrected chi connectivity index (χ1v) is 5.09. The highest BCUT2D eigenvalue weighted by atomic mass is 127. The van der Waals surface area contributed by atoms with Crippen molar-refractivity contribution in [2.75, 3.05) is 0 Å². The average Bonchev–Trinajstić information content (AvgIpc) is 2.65. The van der Waals surface area contributed by atoms with Crippen molar-refractivity contribution in [2.45, 2.75) is 0 Å². The van der Waals surface area contributed by atoms with Crippen molar-refractivity contribution in [2.24, 2.45) is 5.73 Å². The lowest BCUT2D eigenvalue weighted by Crippen LogP contribution is -2.14. The maximum absolute atomic E-state index is 10.7. The van der Waals surface area contributed by atoms with Gasteiger partial charge in [-0.25, -0.2) is 4.68 Å². The topological polar surface area (TPSA) is 86.7 Å². The fourth-order valence-corrected chi connectivity index (χ4v) is 1.39. The van der Waals surface area contributed by atoms with E-state index < -0.39 is 5.91 Å². The molecule has 0 saturated heterocycles. The molecule has 0 unspecified atom stereocenters. The van der Waals surface area contributed by atoms with Gasteiger partial charge in [-0.15, -0.1) is 10.2 Å². The molecule has 0 atom stereocenters. The number of carbonyl (C=O) groups is 1. The van der Waals surface area contributed by atoms with Gasteiger partial charge in [-0.05, 0) is 34.7 Å². The minimum absolute atomic E-state index is 0.139. The quantitative estimate of drug-likeness (QED) is 0.811. The lowest BCUT2D eigenvalue weighted by Gasteiger charge is -1.98. The van der Waals surface area contributed by atoms with Crippen molar-refractivity contribution in [3.05, 3.63) is 33.8 Å². The molecule has 0 spiro atoms. The second-order valence-electron chi connectivity index (χ2n) is 2.74. The summed E-state index contributed by atoms with van der Waals surface area (Å²) in [6, 6.07) is 3.15. The fraction of sp³-hybridized carbons (Fsp3) is 0. The molecular formula is C8H6IN5O. The van der Waals surface area contributed by atoms with Gasteiger partial charge >= 0.3 is 0 Å². The van der Waals surface area contributed by atoms with Gasteiger partial charge in [0.25, 0.3) is 5.91 Å². The molecule has 0 saturated carbocycles. The molecule has 7 heteroatoms. The first-order valence-electron chi connectivity index (χ1n) is 4.01. The summed E-state index contributed by atoms with van der Waals surface area (Å²) in [5.41, 5.74) is 5.18. The van der Waals surface area contributed by atoms with Crippen LogP contribution in [-0.2, 0) is 0 Å². The number of aromatic nitrogens is 4. The van der Waals surface area contributed by atoms with E-state index in [4.69, 9.17) is 5.73 Å².